The molecule has 302 valence electrons. The Balaban J connectivity index is 1.48. The van der Waals surface area contributed by atoms with Gasteiger partial charge in [0.05, 0.1) is 39.7 Å². The van der Waals surface area contributed by atoms with Gasteiger partial charge < -0.3 is 23.7 Å². The molecule has 0 amide bonds. The largest absolute Gasteiger partial charge is 0.458 e. The molecule has 6 aromatic rings. The number of aryl methyl sites for hydroxylation is 1. The van der Waals surface area contributed by atoms with E-state index < -0.39 is 60.9 Å². The van der Waals surface area contributed by atoms with Crippen LogP contribution in [0.15, 0.2) is 181 Å². The maximum Gasteiger partial charge on any atom is 0.338 e. The van der Waals surface area contributed by atoms with Gasteiger partial charge in [0.2, 0.25) is 0 Å². The maximum atomic E-state index is 14.1. The van der Waals surface area contributed by atoms with Crippen LogP contribution >= 0.6 is 0 Å². The van der Waals surface area contributed by atoms with Crippen molar-refractivity contribution in [3.8, 4) is 0 Å². The molecule has 60 heavy (non-hydrogen) atoms. The number of carbonyl (C=O) groups is 5. The zero-order chi connectivity index (χ0) is 42.1. The minimum absolute atomic E-state index is 0.0811. The molecule has 4 atom stereocenters. The summed E-state index contributed by atoms with van der Waals surface area (Å²) in [5.74, 6) is -4.39. The highest BCUT2D eigenvalue weighted by Crippen LogP contribution is 2.24. The van der Waals surface area contributed by atoms with E-state index in [1.807, 2.05) is 19.1 Å². The van der Waals surface area contributed by atoms with Crippen LogP contribution in [-0.4, -0.2) is 67.1 Å². The van der Waals surface area contributed by atoms with Gasteiger partial charge in [-0.1, -0.05) is 109 Å². The van der Waals surface area contributed by atoms with Gasteiger partial charge in [-0.2, -0.15) is 5.10 Å². The molecular weight excluding hydrogens is 765 g/mol. The fourth-order valence-electron chi connectivity index (χ4n) is 5.76. The van der Waals surface area contributed by atoms with Crippen molar-refractivity contribution in [1.82, 2.24) is 0 Å². The zero-order valence-electron chi connectivity index (χ0n) is 32.4. The number of nitrogens with zero attached hydrogens (tertiary/aromatic N) is 1. The number of benzene rings is 6. The van der Waals surface area contributed by atoms with Crippen LogP contribution in [0.1, 0.15) is 57.4 Å². The van der Waals surface area contributed by atoms with Crippen molar-refractivity contribution in [2.75, 3.05) is 12.0 Å². The molecule has 0 aliphatic carbocycles. The molecule has 0 aromatic heterocycles. The summed E-state index contributed by atoms with van der Waals surface area (Å²) in [6.45, 7) is 1.21. The van der Waals surface area contributed by atoms with E-state index in [9.17, 15) is 24.0 Å². The van der Waals surface area contributed by atoms with E-state index in [-0.39, 0.29) is 27.8 Å². The molecule has 1 N–H and O–H groups in total. The molecule has 12 heteroatoms. The van der Waals surface area contributed by atoms with Crippen molar-refractivity contribution in [2.24, 2.45) is 5.10 Å². The Kier molecular flexibility index (Phi) is 14.7. The lowest BCUT2D eigenvalue weighted by molar-refractivity contribution is -0.120. The van der Waals surface area contributed by atoms with Crippen molar-refractivity contribution in [2.45, 2.75) is 31.3 Å². The van der Waals surface area contributed by atoms with E-state index in [1.165, 1.54) is 66.9 Å². The first kappa shape index (κ1) is 41.8. The zero-order valence-corrected chi connectivity index (χ0v) is 32.4. The van der Waals surface area contributed by atoms with E-state index in [2.05, 4.69) is 10.5 Å². The predicted octanol–water partition coefficient (Wildman–Crippen LogP) is 8.15. The second-order valence-corrected chi connectivity index (χ2v) is 13.2. The van der Waals surface area contributed by atoms with Gasteiger partial charge in [-0.25, -0.2) is 24.0 Å². The summed E-state index contributed by atoms with van der Waals surface area (Å²) in [5, 5.41) is 4.34. The topological polar surface area (TPSA) is 156 Å². The SMILES string of the molecule is Cc1ccc(N/N=C/C(OC(=O)c2ccccc2)C(OC(=O)c2ccccc2)C(OC(=O)c2ccccc2)C(COC(=O)c2ccccc2)OC(=O)c2ccccc2)cc1. The van der Waals surface area contributed by atoms with Gasteiger partial charge in [0.1, 0.15) is 6.61 Å². The van der Waals surface area contributed by atoms with Crippen LogP contribution in [0.25, 0.3) is 0 Å². The summed E-state index contributed by atoms with van der Waals surface area (Å²) in [6, 6.07) is 47.1. The Morgan fingerprint density at radius 1 is 0.467 bits per heavy atom. The van der Waals surface area contributed by atoms with Crippen LogP contribution in [0.3, 0.4) is 0 Å². The molecule has 0 saturated heterocycles. The van der Waals surface area contributed by atoms with E-state index in [0.29, 0.717) is 5.69 Å². The summed E-state index contributed by atoms with van der Waals surface area (Å²) in [7, 11) is 0. The molecule has 4 unspecified atom stereocenters. The summed E-state index contributed by atoms with van der Waals surface area (Å²) in [4.78, 5) is 69.2. The lowest BCUT2D eigenvalue weighted by atomic mass is 10.0. The first-order valence-corrected chi connectivity index (χ1v) is 18.9. The average Bonchev–Trinajstić information content (AvgIpc) is 3.30. The monoisotopic (exact) mass is 804 g/mol. The molecule has 0 saturated carbocycles. The third-order valence-electron chi connectivity index (χ3n) is 8.89. The van der Waals surface area contributed by atoms with Crippen LogP contribution in [0.5, 0.6) is 0 Å². The van der Waals surface area contributed by atoms with Gasteiger partial charge in [0.25, 0.3) is 0 Å². The summed E-state index contributed by atoms with van der Waals surface area (Å²) in [6.07, 6.45) is -5.83. The molecule has 0 fully saturated rings. The van der Waals surface area contributed by atoms with Gasteiger partial charge >= 0.3 is 29.8 Å². The highest BCUT2D eigenvalue weighted by molar-refractivity contribution is 5.93. The van der Waals surface area contributed by atoms with Gasteiger partial charge in [-0.3, -0.25) is 5.43 Å². The molecule has 0 radical (unpaired) electrons. The van der Waals surface area contributed by atoms with Gasteiger partial charge in [-0.05, 0) is 79.7 Å². The van der Waals surface area contributed by atoms with E-state index >= 15 is 0 Å². The number of nitrogens with one attached hydrogen (secondary N) is 1. The third-order valence-corrected chi connectivity index (χ3v) is 8.89. The normalized spacial score (nSPS) is 12.8. The highest BCUT2D eigenvalue weighted by atomic mass is 16.6. The maximum absolute atomic E-state index is 14.1. The Bertz CT molecular complexity index is 2360. The standard InChI is InChI=1S/C48H40N2O10/c1-33-27-29-39(30-28-33)50-49-31-40(57-45(52)35-19-9-3-10-20-35)42(59-47(54)37-23-13-5-14-24-37)43(60-48(55)38-25-15-6-16-26-38)41(58-46(53)36-21-11-4-12-22-36)32-56-44(51)34-17-7-2-8-18-34/h2-31,40-43,50H,32H2,1H3/b49-31+. The van der Waals surface area contributed by atoms with Gasteiger partial charge in [0, 0.05) is 0 Å². The number of esters is 5. The van der Waals surface area contributed by atoms with Crippen LogP contribution < -0.4 is 5.43 Å². The fraction of sp³-hybridized carbons (Fsp3) is 0.125. The average molecular weight is 805 g/mol. The molecular formula is C48H40N2O10. The van der Waals surface area contributed by atoms with Crippen molar-refractivity contribution >= 4 is 41.7 Å². The summed E-state index contributed by atoms with van der Waals surface area (Å²) in [5.41, 5.74) is 5.04. The lowest BCUT2D eigenvalue weighted by Gasteiger charge is -2.35. The van der Waals surface area contributed by atoms with E-state index in [1.54, 1.807) is 103 Å². The quantitative estimate of drug-likeness (QED) is 0.0411. The fourth-order valence-corrected chi connectivity index (χ4v) is 5.76. The number of ether oxygens (including phenoxy) is 5. The number of anilines is 1. The van der Waals surface area contributed by atoms with Crippen molar-refractivity contribution in [1.29, 1.82) is 0 Å². The molecule has 0 aliphatic heterocycles. The minimum Gasteiger partial charge on any atom is -0.458 e. The predicted molar refractivity (Wildman–Crippen MR) is 223 cm³/mol. The number of hydrazone groups is 1. The second kappa shape index (κ2) is 21.1. The number of hydrogen-bond donors (Lipinski definition) is 1. The molecule has 0 bridgehead atoms. The Morgan fingerprint density at radius 2 is 0.833 bits per heavy atom. The molecule has 12 nitrogen and oxygen atoms in total. The summed E-state index contributed by atoms with van der Waals surface area (Å²) >= 11 is 0. The van der Waals surface area contributed by atoms with Crippen LogP contribution in [0.2, 0.25) is 0 Å². The molecule has 0 spiro atoms. The Hall–Kier alpha value is -7.86. The second-order valence-electron chi connectivity index (χ2n) is 13.2. The molecule has 0 heterocycles. The number of rotatable bonds is 17. The first-order chi connectivity index (χ1) is 29.2. The highest BCUT2D eigenvalue weighted by Gasteiger charge is 2.45. The summed E-state index contributed by atoms with van der Waals surface area (Å²) < 4.78 is 30.1. The van der Waals surface area contributed by atoms with E-state index in [0.717, 1.165) is 5.56 Å². The van der Waals surface area contributed by atoms with Crippen molar-refractivity contribution < 1.29 is 47.7 Å². The smallest absolute Gasteiger partial charge is 0.338 e. The lowest BCUT2D eigenvalue weighted by Crippen LogP contribution is -2.54. The first-order valence-electron chi connectivity index (χ1n) is 18.9. The number of carbonyl (C=O) groups excluding carboxylic acids is 5. The van der Waals surface area contributed by atoms with Gasteiger partial charge in [0.15, 0.2) is 24.4 Å². The van der Waals surface area contributed by atoms with E-state index in [4.69, 9.17) is 23.7 Å². The molecule has 6 rings (SSSR count). The van der Waals surface area contributed by atoms with Gasteiger partial charge in [-0.15, -0.1) is 0 Å². The third kappa shape index (κ3) is 11.8. The molecule has 0 aliphatic rings. The van der Waals surface area contributed by atoms with Crippen molar-refractivity contribution in [3.05, 3.63) is 209 Å². The Labute approximate surface area is 346 Å². The molecule has 6 aromatic carbocycles. The minimum atomic E-state index is -1.83. The van der Waals surface area contributed by atoms with Crippen LogP contribution in [0.4, 0.5) is 5.69 Å². The van der Waals surface area contributed by atoms with Crippen LogP contribution in [0, 0.1) is 6.92 Å². The van der Waals surface area contributed by atoms with Crippen molar-refractivity contribution in [3.63, 3.8) is 0 Å². The number of hydrogen-bond acceptors (Lipinski definition) is 12. The van der Waals surface area contributed by atoms with Crippen LogP contribution in [-0.2, 0) is 23.7 Å². The Morgan fingerprint density at radius 3 is 1.27 bits per heavy atom.